The largest absolute Gasteiger partial charge is 0.481 e. The quantitative estimate of drug-likeness (QED) is 0.640. The number of Topliss-reactive ketones (excluding diaryl/α,β-unsaturated/α-hetero) is 1. The van der Waals surface area contributed by atoms with Gasteiger partial charge in [-0.05, 0) is 24.8 Å². The van der Waals surface area contributed by atoms with Crippen LogP contribution in [0.2, 0.25) is 0 Å². The Morgan fingerprint density at radius 1 is 0.893 bits per heavy atom. The van der Waals surface area contributed by atoms with Gasteiger partial charge in [0.05, 0.1) is 5.92 Å². The van der Waals surface area contributed by atoms with Gasteiger partial charge in [0.1, 0.15) is 0 Å². The molecule has 0 spiro atoms. The first-order valence-electron chi connectivity index (χ1n) is 8.70. The number of carbonyl (C=O) groups excluding carboxylic acids is 2. The summed E-state index contributed by atoms with van der Waals surface area (Å²) >= 11 is 0. The van der Waals surface area contributed by atoms with E-state index in [-0.39, 0.29) is 25.0 Å². The van der Waals surface area contributed by atoms with Crippen molar-refractivity contribution in [3.8, 4) is 0 Å². The fraction of sp³-hybridized carbons (Fsp3) is 0.286. The maximum Gasteiger partial charge on any atom is 0.449 e. The van der Waals surface area contributed by atoms with Gasteiger partial charge in [-0.2, -0.15) is 13.2 Å². The first kappa shape index (κ1) is 21.3. The Hall–Kier alpha value is -2.96. The zero-order valence-corrected chi connectivity index (χ0v) is 14.9. The average Bonchev–Trinajstić information content (AvgIpc) is 2.67. The molecule has 0 bridgehead atoms. The molecular formula is C21H19F3O4. The SMILES string of the molecule is O=C(c1ccccc1)c1ccc(CC(CCCC(=O)C(F)(F)F)C(=O)O)cc1. The lowest BCUT2D eigenvalue weighted by Crippen LogP contribution is -2.23. The van der Waals surface area contributed by atoms with Gasteiger partial charge in [0.25, 0.3) is 0 Å². The van der Waals surface area contributed by atoms with Crippen LogP contribution in [0.3, 0.4) is 0 Å². The minimum atomic E-state index is -4.89. The molecule has 4 nitrogen and oxygen atoms in total. The Morgan fingerprint density at radius 3 is 2.00 bits per heavy atom. The predicted octanol–water partition coefficient (Wildman–Crippen LogP) is 4.46. The Balaban J connectivity index is 1.97. The predicted molar refractivity (Wildman–Crippen MR) is 96.1 cm³/mol. The summed E-state index contributed by atoms with van der Waals surface area (Å²) in [6.45, 7) is 0. The van der Waals surface area contributed by atoms with Crippen LogP contribution in [0, 0.1) is 5.92 Å². The van der Waals surface area contributed by atoms with E-state index < -0.39 is 30.3 Å². The van der Waals surface area contributed by atoms with E-state index in [1.165, 1.54) is 0 Å². The van der Waals surface area contributed by atoms with Gasteiger partial charge in [0, 0.05) is 17.5 Å². The van der Waals surface area contributed by atoms with Crippen molar-refractivity contribution in [3.63, 3.8) is 0 Å². The molecule has 1 N–H and O–H groups in total. The van der Waals surface area contributed by atoms with Crippen LogP contribution in [-0.4, -0.2) is 28.8 Å². The van der Waals surface area contributed by atoms with Gasteiger partial charge in [0.2, 0.25) is 5.78 Å². The van der Waals surface area contributed by atoms with Gasteiger partial charge >= 0.3 is 12.1 Å². The molecule has 0 radical (unpaired) electrons. The van der Waals surface area contributed by atoms with Crippen LogP contribution >= 0.6 is 0 Å². The fourth-order valence-corrected chi connectivity index (χ4v) is 2.80. The number of hydrogen-bond acceptors (Lipinski definition) is 3. The summed E-state index contributed by atoms with van der Waals surface area (Å²) in [5.41, 5.74) is 1.64. The fourth-order valence-electron chi connectivity index (χ4n) is 2.80. The number of carboxylic acid groups (broad SMARTS) is 1. The molecule has 0 saturated heterocycles. The van der Waals surface area contributed by atoms with E-state index in [1.807, 2.05) is 0 Å². The van der Waals surface area contributed by atoms with E-state index in [1.54, 1.807) is 54.6 Å². The maximum atomic E-state index is 12.4. The van der Waals surface area contributed by atoms with E-state index in [2.05, 4.69) is 0 Å². The molecule has 0 aliphatic rings. The Morgan fingerprint density at radius 2 is 1.46 bits per heavy atom. The molecule has 1 unspecified atom stereocenters. The number of carbonyl (C=O) groups is 3. The molecule has 0 saturated carbocycles. The van der Waals surface area contributed by atoms with E-state index in [0.29, 0.717) is 16.7 Å². The molecule has 7 heteroatoms. The second kappa shape index (κ2) is 9.30. The molecule has 0 aliphatic heterocycles. The van der Waals surface area contributed by atoms with Crippen LogP contribution in [0.5, 0.6) is 0 Å². The summed E-state index contributed by atoms with van der Waals surface area (Å²) in [6.07, 6.45) is -5.70. The third kappa shape index (κ3) is 6.04. The number of halogens is 3. The summed E-state index contributed by atoms with van der Waals surface area (Å²) in [4.78, 5) is 34.6. The highest BCUT2D eigenvalue weighted by Crippen LogP contribution is 2.22. The third-order valence-corrected chi connectivity index (χ3v) is 4.36. The summed E-state index contributed by atoms with van der Waals surface area (Å²) in [5.74, 6) is -4.05. The van der Waals surface area contributed by atoms with Crippen LogP contribution in [-0.2, 0) is 16.0 Å². The summed E-state index contributed by atoms with van der Waals surface area (Å²) in [6, 6.07) is 15.1. The van der Waals surface area contributed by atoms with Gasteiger partial charge in [-0.3, -0.25) is 14.4 Å². The topological polar surface area (TPSA) is 71.4 Å². The molecule has 0 aromatic heterocycles. The summed E-state index contributed by atoms with van der Waals surface area (Å²) in [5, 5.41) is 9.29. The lowest BCUT2D eigenvalue weighted by Gasteiger charge is -2.13. The third-order valence-electron chi connectivity index (χ3n) is 4.36. The van der Waals surface area contributed by atoms with Crippen molar-refractivity contribution in [2.75, 3.05) is 0 Å². The number of benzene rings is 2. The number of rotatable bonds is 9. The van der Waals surface area contributed by atoms with Crippen molar-refractivity contribution in [2.45, 2.75) is 31.9 Å². The second-order valence-electron chi connectivity index (χ2n) is 6.44. The highest BCUT2D eigenvalue weighted by molar-refractivity contribution is 6.08. The summed E-state index contributed by atoms with van der Waals surface area (Å²) in [7, 11) is 0. The van der Waals surface area contributed by atoms with Crippen molar-refractivity contribution in [1.82, 2.24) is 0 Å². The minimum Gasteiger partial charge on any atom is -0.481 e. The number of aliphatic carboxylic acids is 1. The molecule has 1 atom stereocenters. The van der Waals surface area contributed by atoms with Crippen LogP contribution in [0.15, 0.2) is 54.6 Å². The van der Waals surface area contributed by atoms with E-state index in [4.69, 9.17) is 0 Å². The standard InChI is InChI=1S/C21H19F3O4/c22-21(23,24)18(25)8-4-7-17(20(27)28)13-14-9-11-16(12-10-14)19(26)15-5-2-1-3-6-15/h1-3,5-6,9-12,17H,4,7-8,13H2,(H,27,28). The van der Waals surface area contributed by atoms with E-state index >= 15 is 0 Å². The number of hydrogen-bond donors (Lipinski definition) is 1. The van der Waals surface area contributed by atoms with Gasteiger partial charge in [-0.15, -0.1) is 0 Å². The van der Waals surface area contributed by atoms with Crippen molar-refractivity contribution >= 4 is 17.5 Å². The first-order valence-corrected chi connectivity index (χ1v) is 8.70. The number of ketones is 2. The van der Waals surface area contributed by atoms with Crippen molar-refractivity contribution < 1.29 is 32.7 Å². The van der Waals surface area contributed by atoms with Crippen molar-refractivity contribution in [1.29, 1.82) is 0 Å². The van der Waals surface area contributed by atoms with Gasteiger partial charge in [-0.25, -0.2) is 0 Å². The molecule has 0 heterocycles. The molecule has 28 heavy (non-hydrogen) atoms. The lowest BCUT2D eigenvalue weighted by molar-refractivity contribution is -0.171. The van der Waals surface area contributed by atoms with Gasteiger partial charge in [-0.1, -0.05) is 54.6 Å². The molecule has 148 valence electrons. The van der Waals surface area contributed by atoms with Gasteiger partial charge in [0.15, 0.2) is 5.78 Å². The molecule has 0 aliphatic carbocycles. The highest BCUT2D eigenvalue weighted by Gasteiger charge is 2.37. The van der Waals surface area contributed by atoms with Crippen molar-refractivity contribution in [2.24, 2.45) is 5.92 Å². The Kier molecular flexibility index (Phi) is 7.09. The molecule has 2 aromatic rings. The van der Waals surface area contributed by atoms with Crippen LogP contribution < -0.4 is 0 Å². The molecule has 2 rings (SSSR count). The van der Waals surface area contributed by atoms with E-state index in [0.717, 1.165) is 0 Å². The highest BCUT2D eigenvalue weighted by atomic mass is 19.4. The molecule has 2 aromatic carbocycles. The molecular weight excluding hydrogens is 373 g/mol. The first-order chi connectivity index (χ1) is 13.2. The number of alkyl halides is 3. The average molecular weight is 392 g/mol. The van der Waals surface area contributed by atoms with Crippen LogP contribution in [0.1, 0.15) is 40.7 Å². The normalized spacial score (nSPS) is 12.4. The monoisotopic (exact) mass is 392 g/mol. The van der Waals surface area contributed by atoms with Gasteiger partial charge < -0.3 is 5.11 Å². The smallest absolute Gasteiger partial charge is 0.449 e. The Bertz CT molecular complexity index is 827. The summed E-state index contributed by atoms with van der Waals surface area (Å²) < 4.78 is 36.6. The second-order valence-corrected chi connectivity index (χ2v) is 6.44. The molecule has 0 fully saturated rings. The number of carboxylic acids is 1. The zero-order chi connectivity index (χ0) is 20.7. The van der Waals surface area contributed by atoms with E-state index in [9.17, 15) is 32.7 Å². The minimum absolute atomic E-state index is 0.0398. The molecule has 0 amide bonds. The van der Waals surface area contributed by atoms with Crippen LogP contribution in [0.25, 0.3) is 0 Å². The lowest BCUT2D eigenvalue weighted by atomic mass is 9.92. The zero-order valence-electron chi connectivity index (χ0n) is 14.9. The maximum absolute atomic E-state index is 12.4. The van der Waals surface area contributed by atoms with Crippen molar-refractivity contribution in [3.05, 3.63) is 71.3 Å². The van der Waals surface area contributed by atoms with Crippen LogP contribution in [0.4, 0.5) is 13.2 Å². The Labute approximate surface area is 160 Å².